The third kappa shape index (κ3) is 3.36. The number of aryl methyl sites for hydroxylation is 1. The Morgan fingerprint density at radius 1 is 1.69 bits per heavy atom. The van der Waals surface area contributed by atoms with E-state index in [1.54, 1.807) is 0 Å². The van der Waals surface area contributed by atoms with Crippen molar-refractivity contribution < 1.29 is 4.52 Å². The van der Waals surface area contributed by atoms with Crippen LogP contribution in [-0.2, 0) is 6.54 Å². The zero-order valence-electron chi connectivity index (χ0n) is 9.51. The van der Waals surface area contributed by atoms with Crippen molar-refractivity contribution in [2.75, 3.05) is 7.05 Å². The van der Waals surface area contributed by atoms with Crippen LogP contribution in [0.25, 0.3) is 0 Å². The summed E-state index contributed by atoms with van der Waals surface area (Å²) in [4.78, 5) is 6.27. The minimum Gasteiger partial charge on any atom is -0.370 e. The fourth-order valence-electron chi connectivity index (χ4n) is 1.41. The van der Waals surface area contributed by atoms with E-state index in [2.05, 4.69) is 10.1 Å². The Kier molecular flexibility index (Phi) is 4.57. The van der Waals surface area contributed by atoms with Crippen molar-refractivity contribution in [2.45, 2.75) is 32.4 Å². The highest BCUT2D eigenvalue weighted by atomic mass is 127. The van der Waals surface area contributed by atoms with Crippen LogP contribution >= 0.6 is 24.0 Å². The molecule has 1 aromatic heterocycles. The fourth-order valence-corrected chi connectivity index (χ4v) is 1.41. The molecule has 0 unspecified atom stereocenters. The molecule has 0 amide bonds. The van der Waals surface area contributed by atoms with E-state index in [9.17, 15) is 0 Å². The van der Waals surface area contributed by atoms with E-state index in [0.29, 0.717) is 18.5 Å². The topological polar surface area (TPSA) is 67.7 Å². The van der Waals surface area contributed by atoms with Crippen LogP contribution in [-0.4, -0.2) is 29.1 Å². The molecule has 6 heteroatoms. The maximum Gasteiger partial charge on any atom is 0.191 e. The molecule has 1 aliphatic carbocycles. The van der Waals surface area contributed by atoms with Crippen molar-refractivity contribution >= 4 is 29.9 Å². The van der Waals surface area contributed by atoms with Crippen LogP contribution in [0.3, 0.4) is 0 Å². The Hall–Kier alpha value is -0.790. The predicted octanol–water partition coefficient (Wildman–Crippen LogP) is 1.51. The summed E-state index contributed by atoms with van der Waals surface area (Å²) in [6.45, 7) is 2.35. The lowest BCUT2D eigenvalue weighted by Gasteiger charge is -2.16. The molecular formula is C10H17IN4O. The summed E-state index contributed by atoms with van der Waals surface area (Å²) in [5.41, 5.74) is 6.70. The Balaban J connectivity index is 0.00000128. The van der Waals surface area contributed by atoms with Crippen molar-refractivity contribution in [1.82, 2.24) is 10.1 Å². The third-order valence-electron chi connectivity index (χ3n) is 2.53. The molecule has 5 nitrogen and oxygen atoms in total. The molecule has 0 aliphatic heterocycles. The minimum atomic E-state index is 0. The van der Waals surface area contributed by atoms with Gasteiger partial charge in [0.05, 0.1) is 5.69 Å². The van der Waals surface area contributed by atoms with E-state index in [4.69, 9.17) is 10.3 Å². The van der Waals surface area contributed by atoms with Crippen LogP contribution in [0.15, 0.2) is 15.6 Å². The van der Waals surface area contributed by atoms with Gasteiger partial charge in [-0.2, -0.15) is 0 Å². The van der Waals surface area contributed by atoms with Crippen LogP contribution in [0.1, 0.15) is 24.3 Å². The number of aromatic nitrogens is 1. The Labute approximate surface area is 112 Å². The van der Waals surface area contributed by atoms with Gasteiger partial charge in [0.1, 0.15) is 6.54 Å². The number of aliphatic imine (C=N–C) groups is 1. The highest BCUT2D eigenvalue weighted by molar-refractivity contribution is 14.0. The van der Waals surface area contributed by atoms with Crippen LogP contribution in [0.4, 0.5) is 0 Å². The van der Waals surface area contributed by atoms with Gasteiger partial charge < -0.3 is 15.2 Å². The molecule has 0 atom stereocenters. The van der Waals surface area contributed by atoms with E-state index in [1.165, 1.54) is 12.8 Å². The number of hydrogen-bond acceptors (Lipinski definition) is 3. The molecule has 0 saturated heterocycles. The lowest BCUT2D eigenvalue weighted by molar-refractivity contribution is 0.380. The molecule has 0 aromatic carbocycles. The molecule has 16 heavy (non-hydrogen) atoms. The first-order valence-electron chi connectivity index (χ1n) is 5.12. The van der Waals surface area contributed by atoms with Gasteiger partial charge >= 0.3 is 0 Å². The normalized spacial score (nSPS) is 15.8. The van der Waals surface area contributed by atoms with Gasteiger partial charge in [0, 0.05) is 19.2 Å². The molecule has 0 bridgehead atoms. The summed E-state index contributed by atoms with van der Waals surface area (Å²) < 4.78 is 5.04. The van der Waals surface area contributed by atoms with Gasteiger partial charge in [0.2, 0.25) is 0 Å². The molecule has 1 heterocycles. The molecule has 2 rings (SSSR count). The Bertz CT molecular complexity index is 373. The lowest BCUT2D eigenvalue weighted by Crippen LogP contribution is -2.35. The first-order chi connectivity index (χ1) is 7.16. The second-order valence-corrected chi connectivity index (χ2v) is 3.95. The van der Waals surface area contributed by atoms with E-state index < -0.39 is 0 Å². The number of halogens is 1. The first kappa shape index (κ1) is 13.3. The maximum atomic E-state index is 5.83. The number of rotatable bonds is 3. The van der Waals surface area contributed by atoms with Crippen molar-refractivity contribution in [1.29, 1.82) is 0 Å². The third-order valence-corrected chi connectivity index (χ3v) is 2.53. The van der Waals surface area contributed by atoms with Gasteiger partial charge in [-0.05, 0) is 19.8 Å². The van der Waals surface area contributed by atoms with Gasteiger partial charge in [-0.15, -0.1) is 24.0 Å². The summed E-state index contributed by atoms with van der Waals surface area (Å²) in [5.74, 6) is 1.33. The SMILES string of the molecule is Cc1cc(CN=C(N)N(C)C2CC2)on1.I. The number of nitrogens with zero attached hydrogens (tertiary/aromatic N) is 3. The molecule has 1 saturated carbocycles. The molecule has 1 fully saturated rings. The molecule has 2 N–H and O–H groups in total. The molecular weight excluding hydrogens is 319 g/mol. The van der Waals surface area contributed by atoms with Crippen molar-refractivity contribution in [3.05, 3.63) is 17.5 Å². The van der Waals surface area contributed by atoms with E-state index in [0.717, 1.165) is 11.5 Å². The summed E-state index contributed by atoms with van der Waals surface area (Å²) >= 11 is 0. The largest absolute Gasteiger partial charge is 0.370 e. The average Bonchev–Trinajstić information content (AvgIpc) is 2.98. The van der Waals surface area contributed by atoms with Crippen molar-refractivity contribution in [3.63, 3.8) is 0 Å². The highest BCUT2D eigenvalue weighted by Crippen LogP contribution is 2.24. The lowest BCUT2D eigenvalue weighted by atomic mass is 10.4. The Morgan fingerprint density at radius 2 is 2.38 bits per heavy atom. The number of hydrogen-bond donors (Lipinski definition) is 1. The molecule has 0 spiro atoms. The van der Waals surface area contributed by atoms with E-state index in [-0.39, 0.29) is 24.0 Å². The first-order valence-corrected chi connectivity index (χ1v) is 5.12. The standard InChI is InChI=1S/C10H16N4O.HI/c1-7-5-9(15-13-7)6-12-10(11)14(2)8-3-4-8;/h5,8H,3-4,6H2,1-2H3,(H2,11,12);1H. The fraction of sp³-hybridized carbons (Fsp3) is 0.600. The highest BCUT2D eigenvalue weighted by Gasteiger charge is 2.27. The minimum absolute atomic E-state index is 0. The quantitative estimate of drug-likeness (QED) is 0.516. The summed E-state index contributed by atoms with van der Waals surface area (Å²) in [5, 5.41) is 3.79. The van der Waals surface area contributed by atoms with Crippen LogP contribution in [0, 0.1) is 6.92 Å². The summed E-state index contributed by atoms with van der Waals surface area (Å²) in [7, 11) is 1.97. The van der Waals surface area contributed by atoms with Crippen LogP contribution < -0.4 is 5.73 Å². The molecule has 90 valence electrons. The van der Waals surface area contributed by atoms with Crippen molar-refractivity contribution in [3.8, 4) is 0 Å². The zero-order valence-corrected chi connectivity index (χ0v) is 11.8. The molecule has 0 radical (unpaired) electrons. The monoisotopic (exact) mass is 336 g/mol. The maximum absolute atomic E-state index is 5.83. The van der Waals surface area contributed by atoms with Gasteiger partial charge in [-0.1, -0.05) is 5.16 Å². The van der Waals surface area contributed by atoms with Gasteiger partial charge in [-0.25, -0.2) is 4.99 Å². The molecule has 1 aliphatic rings. The molecule has 1 aromatic rings. The number of nitrogens with two attached hydrogens (primary N) is 1. The summed E-state index contributed by atoms with van der Waals surface area (Å²) in [6.07, 6.45) is 2.43. The van der Waals surface area contributed by atoms with E-state index >= 15 is 0 Å². The zero-order chi connectivity index (χ0) is 10.8. The van der Waals surface area contributed by atoms with E-state index in [1.807, 2.05) is 24.9 Å². The summed E-state index contributed by atoms with van der Waals surface area (Å²) in [6, 6.07) is 2.46. The van der Waals surface area contributed by atoms with Gasteiger partial charge in [0.25, 0.3) is 0 Å². The predicted molar refractivity (Wildman–Crippen MR) is 72.8 cm³/mol. The van der Waals surface area contributed by atoms with Crippen LogP contribution in [0.5, 0.6) is 0 Å². The van der Waals surface area contributed by atoms with Crippen LogP contribution in [0.2, 0.25) is 0 Å². The Morgan fingerprint density at radius 3 is 2.88 bits per heavy atom. The van der Waals surface area contributed by atoms with Gasteiger partial charge in [0.15, 0.2) is 11.7 Å². The second kappa shape index (κ2) is 5.51. The van der Waals surface area contributed by atoms with Crippen molar-refractivity contribution in [2.24, 2.45) is 10.7 Å². The van der Waals surface area contributed by atoms with Gasteiger partial charge in [-0.3, -0.25) is 0 Å². The number of guanidine groups is 1. The second-order valence-electron chi connectivity index (χ2n) is 3.95. The average molecular weight is 336 g/mol. The smallest absolute Gasteiger partial charge is 0.191 e.